The molecule has 0 bridgehead atoms. The molecule has 1 rings (SSSR count). The number of nitrogens with two attached hydrogens (primary N) is 1. The molecule has 104 valence electrons. The van der Waals surface area contributed by atoms with Crippen LogP contribution in [0.1, 0.15) is 42.7 Å². The van der Waals surface area contributed by atoms with E-state index in [4.69, 9.17) is 5.73 Å². The van der Waals surface area contributed by atoms with E-state index in [2.05, 4.69) is 10.3 Å². The molecule has 0 atom stereocenters. The van der Waals surface area contributed by atoms with Crippen molar-refractivity contribution in [3.63, 3.8) is 0 Å². The monoisotopic (exact) mass is 265 g/mol. The van der Waals surface area contributed by atoms with Crippen molar-refractivity contribution in [1.29, 1.82) is 0 Å². The summed E-state index contributed by atoms with van der Waals surface area (Å²) >= 11 is 0. The van der Waals surface area contributed by atoms with Gasteiger partial charge in [-0.3, -0.25) is 4.79 Å². The van der Waals surface area contributed by atoms with Crippen molar-refractivity contribution in [2.45, 2.75) is 39.2 Å². The topological polar surface area (TPSA) is 105 Å². The summed E-state index contributed by atoms with van der Waals surface area (Å²) in [4.78, 5) is 26.8. The Hall–Kier alpha value is -2.11. The maximum atomic E-state index is 11.4. The number of aryl methyl sites for hydroxylation is 1. The number of nitrogens with one attached hydrogen (secondary N) is 1. The van der Waals surface area contributed by atoms with Crippen LogP contribution in [0.15, 0.2) is 12.1 Å². The zero-order valence-electron chi connectivity index (χ0n) is 11.4. The van der Waals surface area contributed by atoms with Crippen LogP contribution < -0.4 is 11.1 Å². The van der Waals surface area contributed by atoms with Crippen molar-refractivity contribution >= 4 is 17.7 Å². The number of primary amides is 1. The lowest BCUT2D eigenvalue weighted by molar-refractivity contribution is -0.142. The zero-order chi connectivity index (χ0) is 14.6. The predicted molar refractivity (Wildman–Crippen MR) is 72.1 cm³/mol. The first-order valence-corrected chi connectivity index (χ1v) is 6.14. The highest BCUT2D eigenvalue weighted by Gasteiger charge is 2.35. The van der Waals surface area contributed by atoms with Gasteiger partial charge in [-0.25, -0.2) is 9.78 Å². The van der Waals surface area contributed by atoms with Crippen LogP contribution in [0, 0.1) is 6.92 Å². The van der Waals surface area contributed by atoms with E-state index < -0.39 is 17.4 Å². The Morgan fingerprint density at radius 2 is 1.95 bits per heavy atom. The second kappa shape index (κ2) is 5.69. The van der Waals surface area contributed by atoms with Gasteiger partial charge in [0.15, 0.2) is 0 Å². The lowest BCUT2D eigenvalue weighted by Gasteiger charge is -2.28. The predicted octanol–water partition coefficient (Wildman–Crippen LogP) is 1.54. The zero-order valence-corrected chi connectivity index (χ0v) is 11.4. The van der Waals surface area contributed by atoms with E-state index in [0.717, 1.165) is 0 Å². The van der Waals surface area contributed by atoms with E-state index in [9.17, 15) is 14.7 Å². The van der Waals surface area contributed by atoms with E-state index in [1.165, 1.54) is 6.07 Å². The molecule has 4 N–H and O–H groups in total. The molecule has 0 fully saturated rings. The highest BCUT2D eigenvalue weighted by Crippen LogP contribution is 2.22. The van der Waals surface area contributed by atoms with Crippen LogP contribution in [0.3, 0.4) is 0 Å². The first kappa shape index (κ1) is 14.9. The molecule has 1 aromatic rings. The third-order valence-corrected chi connectivity index (χ3v) is 3.22. The molecule has 0 radical (unpaired) electrons. The Kier molecular flexibility index (Phi) is 4.47. The van der Waals surface area contributed by atoms with E-state index in [1.807, 2.05) is 0 Å². The summed E-state index contributed by atoms with van der Waals surface area (Å²) in [6.07, 6.45) is 0.806. The van der Waals surface area contributed by atoms with Crippen LogP contribution in [0.4, 0.5) is 5.82 Å². The van der Waals surface area contributed by atoms with Crippen molar-refractivity contribution < 1.29 is 14.7 Å². The summed E-state index contributed by atoms with van der Waals surface area (Å²) in [6, 6.07) is 3.03. The molecule has 1 aromatic heterocycles. The molecule has 0 aliphatic rings. The van der Waals surface area contributed by atoms with Crippen molar-refractivity contribution in [3.8, 4) is 0 Å². The van der Waals surface area contributed by atoms with Gasteiger partial charge in [0.2, 0.25) is 5.91 Å². The molecule has 1 amide bonds. The maximum Gasteiger partial charge on any atom is 0.329 e. The van der Waals surface area contributed by atoms with Gasteiger partial charge in [-0.2, -0.15) is 0 Å². The number of anilines is 1. The molecule has 6 nitrogen and oxygen atoms in total. The summed E-state index contributed by atoms with van der Waals surface area (Å²) in [6.45, 7) is 5.29. The SMILES string of the molecule is CCC(CC)(Nc1cc(C(N)=O)cc(C)n1)C(=O)O. The molecule has 0 saturated heterocycles. The van der Waals surface area contributed by atoms with Crippen LogP contribution in [0.2, 0.25) is 0 Å². The summed E-state index contributed by atoms with van der Waals surface area (Å²) < 4.78 is 0. The van der Waals surface area contributed by atoms with Gasteiger partial charge in [0.05, 0.1) is 0 Å². The van der Waals surface area contributed by atoms with Gasteiger partial charge in [-0.15, -0.1) is 0 Å². The fourth-order valence-electron chi connectivity index (χ4n) is 1.90. The van der Waals surface area contributed by atoms with Gasteiger partial charge in [0, 0.05) is 11.3 Å². The molecule has 0 aromatic carbocycles. The number of pyridine rings is 1. The summed E-state index contributed by atoms with van der Waals surface area (Å²) in [5.74, 6) is -1.16. The smallest absolute Gasteiger partial charge is 0.329 e. The van der Waals surface area contributed by atoms with Crippen molar-refractivity contribution in [1.82, 2.24) is 4.98 Å². The van der Waals surface area contributed by atoms with Gasteiger partial charge in [0.1, 0.15) is 11.4 Å². The van der Waals surface area contributed by atoms with Gasteiger partial charge < -0.3 is 16.2 Å². The Morgan fingerprint density at radius 3 is 2.37 bits per heavy atom. The number of carbonyl (C=O) groups excluding carboxylic acids is 1. The van der Waals surface area contributed by atoms with E-state index >= 15 is 0 Å². The second-order valence-electron chi connectivity index (χ2n) is 4.47. The van der Waals surface area contributed by atoms with Crippen molar-refractivity contribution in [2.24, 2.45) is 5.73 Å². The third kappa shape index (κ3) is 3.21. The number of amides is 1. The van der Waals surface area contributed by atoms with Crippen LogP contribution in [-0.4, -0.2) is 27.5 Å². The fourth-order valence-corrected chi connectivity index (χ4v) is 1.90. The molecular formula is C13H19N3O3. The minimum absolute atomic E-state index is 0.307. The molecule has 1 heterocycles. The van der Waals surface area contributed by atoms with Gasteiger partial charge in [0.25, 0.3) is 0 Å². The largest absolute Gasteiger partial charge is 0.480 e. The van der Waals surface area contributed by atoms with Gasteiger partial charge >= 0.3 is 5.97 Å². The Bertz CT molecular complexity index is 496. The number of rotatable bonds is 6. The first-order chi connectivity index (χ1) is 8.84. The van der Waals surface area contributed by atoms with Crippen LogP contribution in [0.5, 0.6) is 0 Å². The number of hydrogen-bond donors (Lipinski definition) is 3. The maximum absolute atomic E-state index is 11.4. The van der Waals surface area contributed by atoms with Crippen LogP contribution in [0.25, 0.3) is 0 Å². The number of aliphatic carboxylic acids is 1. The van der Waals surface area contributed by atoms with Gasteiger partial charge in [-0.1, -0.05) is 13.8 Å². The summed E-state index contributed by atoms with van der Waals surface area (Å²) in [7, 11) is 0. The lowest BCUT2D eigenvalue weighted by atomic mass is 9.93. The molecular weight excluding hydrogens is 246 g/mol. The summed E-state index contributed by atoms with van der Waals surface area (Å²) in [5.41, 5.74) is 5.05. The number of aromatic nitrogens is 1. The van der Waals surface area contributed by atoms with Gasteiger partial charge in [-0.05, 0) is 31.9 Å². The molecule has 6 heteroatoms. The minimum atomic E-state index is -1.09. The Labute approximate surface area is 112 Å². The Morgan fingerprint density at radius 1 is 1.37 bits per heavy atom. The molecule has 0 unspecified atom stereocenters. The summed E-state index contributed by atoms with van der Waals surface area (Å²) in [5, 5.41) is 12.3. The molecule has 19 heavy (non-hydrogen) atoms. The highest BCUT2D eigenvalue weighted by atomic mass is 16.4. The number of hydrogen-bond acceptors (Lipinski definition) is 4. The lowest BCUT2D eigenvalue weighted by Crippen LogP contribution is -2.45. The second-order valence-corrected chi connectivity index (χ2v) is 4.47. The van der Waals surface area contributed by atoms with Crippen LogP contribution >= 0.6 is 0 Å². The average Bonchev–Trinajstić information content (AvgIpc) is 2.35. The standard InChI is InChI=1S/C13H19N3O3/c1-4-13(5-2,12(18)19)16-10-7-9(11(14)17)6-8(3)15-10/h6-7H,4-5H2,1-3H3,(H2,14,17)(H,15,16)(H,18,19). The van der Waals surface area contributed by atoms with Crippen LogP contribution in [-0.2, 0) is 4.79 Å². The number of carboxylic acid groups (broad SMARTS) is 1. The van der Waals surface area contributed by atoms with E-state index in [0.29, 0.717) is 29.9 Å². The minimum Gasteiger partial charge on any atom is -0.480 e. The van der Waals surface area contributed by atoms with E-state index in [-0.39, 0.29) is 0 Å². The number of carboxylic acids is 1. The molecule has 0 aliphatic carbocycles. The number of nitrogens with zero attached hydrogens (tertiary/aromatic N) is 1. The Balaban J connectivity index is 3.17. The fraction of sp³-hybridized carbons (Fsp3) is 0.462. The molecule has 0 saturated carbocycles. The van der Waals surface area contributed by atoms with Crippen molar-refractivity contribution in [3.05, 3.63) is 23.4 Å². The van der Waals surface area contributed by atoms with Crippen molar-refractivity contribution in [2.75, 3.05) is 5.32 Å². The number of carbonyl (C=O) groups is 2. The molecule has 0 spiro atoms. The highest BCUT2D eigenvalue weighted by molar-refractivity contribution is 5.93. The third-order valence-electron chi connectivity index (χ3n) is 3.22. The quantitative estimate of drug-likeness (QED) is 0.723. The van der Waals surface area contributed by atoms with E-state index in [1.54, 1.807) is 26.8 Å². The normalized spacial score (nSPS) is 11.1. The molecule has 0 aliphatic heterocycles. The average molecular weight is 265 g/mol. The first-order valence-electron chi connectivity index (χ1n) is 6.14.